The van der Waals surface area contributed by atoms with Gasteiger partial charge in [0, 0.05) is 10.9 Å². The second-order valence-electron chi connectivity index (χ2n) is 9.67. The van der Waals surface area contributed by atoms with Crippen molar-refractivity contribution in [3.63, 3.8) is 0 Å². The molecule has 1 heterocycles. The molecule has 6 heteroatoms. The molecule has 0 fully saturated rings. The molecule has 4 rings (SSSR count). The van der Waals surface area contributed by atoms with Crippen molar-refractivity contribution in [3.05, 3.63) is 70.5 Å². The van der Waals surface area contributed by atoms with Crippen molar-refractivity contribution in [3.8, 4) is 17.0 Å². The van der Waals surface area contributed by atoms with Crippen LogP contribution in [0.15, 0.2) is 42.5 Å². The number of rotatable bonds is 4. The van der Waals surface area contributed by atoms with E-state index < -0.39 is 29.4 Å². The lowest BCUT2D eigenvalue weighted by Gasteiger charge is -2.29. The molecule has 4 aromatic rings. The summed E-state index contributed by atoms with van der Waals surface area (Å²) in [5, 5.41) is 22.1. The minimum absolute atomic E-state index is 0.0424. The highest BCUT2D eigenvalue weighted by Gasteiger charge is 2.33. The third-order valence-corrected chi connectivity index (χ3v) is 6.04. The Bertz CT molecular complexity index is 1440. The van der Waals surface area contributed by atoms with Crippen molar-refractivity contribution in [2.75, 3.05) is 0 Å². The predicted octanol–water partition coefficient (Wildman–Crippen LogP) is 6.77. The van der Waals surface area contributed by atoms with Crippen LogP contribution in [0.4, 0.5) is 4.39 Å². The Morgan fingerprint density at radius 2 is 1.65 bits per heavy atom. The van der Waals surface area contributed by atoms with Crippen LogP contribution >= 0.6 is 0 Å². The van der Waals surface area contributed by atoms with Crippen LogP contribution in [0.5, 0.6) is 5.88 Å². The number of pyridine rings is 1. The van der Waals surface area contributed by atoms with E-state index in [1.807, 2.05) is 38.1 Å². The number of hydrogen-bond acceptors (Lipinski definition) is 4. The molecule has 1 aromatic heterocycles. The third-order valence-electron chi connectivity index (χ3n) is 6.04. The van der Waals surface area contributed by atoms with Crippen LogP contribution in [-0.2, 0) is 9.53 Å². The Morgan fingerprint density at radius 1 is 1.00 bits per heavy atom. The lowest BCUT2D eigenvalue weighted by Crippen LogP contribution is -2.28. The second kappa shape index (κ2) is 8.37. The van der Waals surface area contributed by atoms with Crippen LogP contribution in [0.2, 0.25) is 0 Å². The van der Waals surface area contributed by atoms with Crippen molar-refractivity contribution >= 4 is 27.6 Å². The molecule has 0 unspecified atom stereocenters. The van der Waals surface area contributed by atoms with E-state index in [1.54, 1.807) is 39.8 Å². The first-order chi connectivity index (χ1) is 15.9. The van der Waals surface area contributed by atoms with Gasteiger partial charge < -0.3 is 14.9 Å². The van der Waals surface area contributed by atoms with Crippen LogP contribution in [0, 0.1) is 26.6 Å². The number of fused-ring (bicyclic) bond motifs is 3. The Labute approximate surface area is 197 Å². The summed E-state index contributed by atoms with van der Waals surface area (Å²) in [7, 11) is 0. The topological polar surface area (TPSA) is 79.7 Å². The van der Waals surface area contributed by atoms with Crippen LogP contribution in [0.25, 0.3) is 32.8 Å². The summed E-state index contributed by atoms with van der Waals surface area (Å²) in [6.07, 6.45) is -1.27. The largest absolute Gasteiger partial charge is 0.493 e. The molecule has 3 aromatic carbocycles. The summed E-state index contributed by atoms with van der Waals surface area (Å²) in [6, 6.07) is 12.4. The first-order valence-corrected chi connectivity index (χ1v) is 11.1. The number of aliphatic carboxylic acids is 1. The molecule has 0 radical (unpaired) electrons. The summed E-state index contributed by atoms with van der Waals surface area (Å²) in [4.78, 5) is 16.8. The number of carbonyl (C=O) groups is 1. The number of aromatic nitrogens is 1. The number of halogens is 1. The molecule has 0 saturated carbocycles. The molecule has 0 aliphatic carbocycles. The fourth-order valence-corrected chi connectivity index (χ4v) is 4.60. The van der Waals surface area contributed by atoms with Gasteiger partial charge in [-0.15, -0.1) is 0 Å². The van der Waals surface area contributed by atoms with E-state index in [0.29, 0.717) is 33.0 Å². The number of carboxylic acid groups (broad SMARTS) is 1. The third kappa shape index (κ3) is 3.99. The van der Waals surface area contributed by atoms with Gasteiger partial charge in [0.2, 0.25) is 5.88 Å². The van der Waals surface area contributed by atoms with Crippen LogP contribution in [-0.4, -0.2) is 26.8 Å². The molecule has 34 heavy (non-hydrogen) atoms. The van der Waals surface area contributed by atoms with Gasteiger partial charge in [0.25, 0.3) is 0 Å². The zero-order chi connectivity index (χ0) is 24.9. The predicted molar refractivity (Wildman–Crippen MR) is 132 cm³/mol. The Hall–Kier alpha value is -3.51. The minimum atomic E-state index is -1.27. The Morgan fingerprint density at radius 3 is 2.24 bits per heavy atom. The molecule has 5 nitrogen and oxygen atoms in total. The minimum Gasteiger partial charge on any atom is -0.493 e. The van der Waals surface area contributed by atoms with Gasteiger partial charge >= 0.3 is 5.97 Å². The zero-order valence-corrected chi connectivity index (χ0v) is 20.2. The first kappa shape index (κ1) is 23.6. The molecule has 0 aliphatic heterocycles. The highest BCUT2D eigenvalue weighted by atomic mass is 19.1. The van der Waals surface area contributed by atoms with Crippen LogP contribution in [0.3, 0.4) is 0 Å². The van der Waals surface area contributed by atoms with E-state index in [0.717, 1.165) is 16.7 Å². The lowest BCUT2D eigenvalue weighted by molar-refractivity contribution is -0.160. The molecular formula is C28H28FNO4. The van der Waals surface area contributed by atoms with E-state index in [1.165, 1.54) is 6.07 Å². The number of carboxylic acids is 1. The summed E-state index contributed by atoms with van der Waals surface area (Å²) in [6.45, 7) is 11.0. The van der Waals surface area contributed by atoms with Crippen molar-refractivity contribution in [2.24, 2.45) is 0 Å². The fraction of sp³-hybridized carbons (Fsp3) is 0.286. The van der Waals surface area contributed by atoms with Gasteiger partial charge in [-0.25, -0.2) is 14.2 Å². The monoisotopic (exact) mass is 461 g/mol. The first-order valence-electron chi connectivity index (χ1n) is 11.1. The second-order valence-corrected chi connectivity index (χ2v) is 9.67. The van der Waals surface area contributed by atoms with Crippen molar-refractivity contribution in [1.82, 2.24) is 4.98 Å². The van der Waals surface area contributed by atoms with Gasteiger partial charge in [-0.2, -0.15) is 0 Å². The van der Waals surface area contributed by atoms with Crippen molar-refractivity contribution in [1.29, 1.82) is 0 Å². The number of benzene rings is 3. The van der Waals surface area contributed by atoms with E-state index >= 15 is 0 Å². The van der Waals surface area contributed by atoms with E-state index in [9.17, 15) is 19.4 Å². The van der Waals surface area contributed by atoms with Gasteiger partial charge in [-0.05, 0) is 75.2 Å². The molecule has 0 aliphatic rings. The smallest absolute Gasteiger partial charge is 0.337 e. The quantitative estimate of drug-likeness (QED) is 0.328. The molecule has 2 N–H and O–H groups in total. The average molecular weight is 462 g/mol. The SMILES string of the molecule is Cc1ccc(-c2c([C@H](OC(C)(C)C)C(=O)O)c(C)c3nc(O)c4c(F)cccc4c3c2C)cc1. The maximum atomic E-state index is 14.7. The molecule has 0 spiro atoms. The maximum absolute atomic E-state index is 14.7. The number of nitrogens with zero attached hydrogens (tertiary/aromatic N) is 1. The van der Waals surface area contributed by atoms with Crippen molar-refractivity contribution in [2.45, 2.75) is 53.2 Å². The van der Waals surface area contributed by atoms with Gasteiger partial charge in [0.1, 0.15) is 5.82 Å². The number of hydrogen-bond donors (Lipinski definition) is 2. The Balaban J connectivity index is 2.23. The standard InChI is InChI=1S/C28H28FNO4/c1-14-10-12-17(13-11-14)20-15(2)21-18-8-7-9-19(29)23(18)26(31)30-24(21)16(3)22(20)25(27(32)33)34-28(4,5)6/h7-13,25H,1-6H3,(H,30,31)(H,32,33)/t25-/m0/s1. The molecule has 176 valence electrons. The summed E-state index contributed by atoms with van der Waals surface area (Å²) >= 11 is 0. The molecule has 0 bridgehead atoms. The Kier molecular flexibility index (Phi) is 5.82. The zero-order valence-electron chi connectivity index (χ0n) is 20.2. The normalized spacial score (nSPS) is 12.9. The van der Waals surface area contributed by atoms with Gasteiger partial charge in [-0.1, -0.05) is 42.0 Å². The summed E-state index contributed by atoms with van der Waals surface area (Å²) in [5.74, 6) is -2.12. The van der Waals surface area contributed by atoms with Crippen LogP contribution in [0.1, 0.15) is 49.1 Å². The molecular weight excluding hydrogens is 433 g/mol. The fourth-order valence-electron chi connectivity index (χ4n) is 4.60. The molecule has 1 atom stereocenters. The number of aryl methyl sites for hydroxylation is 3. The lowest BCUT2D eigenvalue weighted by atomic mass is 9.84. The van der Waals surface area contributed by atoms with Gasteiger partial charge in [0.15, 0.2) is 6.10 Å². The molecule has 0 saturated heterocycles. The number of ether oxygens (including phenoxy) is 1. The van der Waals surface area contributed by atoms with Gasteiger partial charge in [0.05, 0.1) is 16.5 Å². The highest BCUT2D eigenvalue weighted by Crippen LogP contribution is 2.44. The van der Waals surface area contributed by atoms with Crippen LogP contribution < -0.4 is 0 Å². The highest BCUT2D eigenvalue weighted by molar-refractivity contribution is 6.13. The van der Waals surface area contributed by atoms with E-state index in [2.05, 4.69) is 4.98 Å². The number of aromatic hydroxyl groups is 1. The van der Waals surface area contributed by atoms with E-state index in [-0.39, 0.29) is 5.39 Å². The van der Waals surface area contributed by atoms with Crippen molar-refractivity contribution < 1.29 is 24.1 Å². The maximum Gasteiger partial charge on any atom is 0.337 e. The van der Waals surface area contributed by atoms with E-state index in [4.69, 9.17) is 4.74 Å². The van der Waals surface area contributed by atoms with Gasteiger partial charge in [-0.3, -0.25) is 0 Å². The average Bonchev–Trinajstić information content (AvgIpc) is 2.74. The summed E-state index contributed by atoms with van der Waals surface area (Å²) < 4.78 is 20.7. The summed E-state index contributed by atoms with van der Waals surface area (Å²) in [5.41, 5.74) is 4.07. The molecule has 0 amide bonds.